The first-order valence-electron chi connectivity index (χ1n) is 8.68. The molecule has 6 nitrogen and oxygen atoms in total. The van der Waals surface area contributed by atoms with Crippen molar-refractivity contribution in [1.82, 2.24) is 10.2 Å². The molecule has 1 aromatic heterocycles. The van der Waals surface area contributed by atoms with E-state index >= 15 is 0 Å². The van der Waals surface area contributed by atoms with Crippen LogP contribution in [0, 0.1) is 0 Å². The molecule has 0 saturated carbocycles. The minimum atomic E-state index is -0.122. The quantitative estimate of drug-likeness (QED) is 0.776. The van der Waals surface area contributed by atoms with Crippen molar-refractivity contribution in [3.05, 3.63) is 60.0 Å². The van der Waals surface area contributed by atoms with Gasteiger partial charge >= 0.3 is 0 Å². The van der Waals surface area contributed by atoms with Crippen LogP contribution in [0.3, 0.4) is 0 Å². The van der Waals surface area contributed by atoms with Gasteiger partial charge in [-0.05, 0) is 49.2 Å². The Labute approximate surface area is 151 Å². The Morgan fingerprint density at radius 3 is 2.77 bits per heavy atom. The number of aromatic nitrogens is 2. The SMILES string of the molecule is CC(=O)N1CCc2cc(N[C@@H](C)c3nnc(-c4ccccc4)o3)ccc21. The third kappa shape index (κ3) is 3.06. The van der Waals surface area contributed by atoms with Crippen LogP contribution >= 0.6 is 0 Å². The third-order valence-electron chi connectivity index (χ3n) is 4.57. The number of hydrogen-bond acceptors (Lipinski definition) is 5. The largest absolute Gasteiger partial charge is 0.418 e. The number of amides is 1. The van der Waals surface area contributed by atoms with Gasteiger partial charge in [-0.25, -0.2) is 0 Å². The summed E-state index contributed by atoms with van der Waals surface area (Å²) >= 11 is 0. The van der Waals surface area contributed by atoms with E-state index in [2.05, 4.69) is 21.6 Å². The van der Waals surface area contributed by atoms with Crippen molar-refractivity contribution in [2.24, 2.45) is 0 Å². The number of fused-ring (bicyclic) bond motifs is 1. The standard InChI is InChI=1S/C20H20N4O2/c1-13(19-22-23-20(26-19)15-6-4-3-5-7-15)21-17-8-9-18-16(12-17)10-11-24(18)14(2)25/h3-9,12-13,21H,10-11H2,1-2H3/t13-/m0/s1. The van der Waals surface area contributed by atoms with Gasteiger partial charge in [0.1, 0.15) is 6.04 Å². The molecule has 0 unspecified atom stereocenters. The van der Waals surface area contributed by atoms with Crippen molar-refractivity contribution >= 4 is 17.3 Å². The van der Waals surface area contributed by atoms with E-state index < -0.39 is 0 Å². The normalized spacial score (nSPS) is 14.2. The highest BCUT2D eigenvalue weighted by molar-refractivity contribution is 5.94. The minimum absolute atomic E-state index is 0.0807. The monoisotopic (exact) mass is 348 g/mol. The highest BCUT2D eigenvalue weighted by Gasteiger charge is 2.23. The van der Waals surface area contributed by atoms with Gasteiger partial charge in [-0.15, -0.1) is 10.2 Å². The molecule has 1 atom stereocenters. The molecule has 4 rings (SSSR count). The van der Waals surface area contributed by atoms with Gasteiger partial charge in [0.2, 0.25) is 17.7 Å². The number of benzene rings is 2. The number of carbonyl (C=O) groups excluding carboxylic acids is 1. The van der Waals surface area contributed by atoms with Crippen molar-refractivity contribution in [3.63, 3.8) is 0 Å². The Kier molecular flexibility index (Phi) is 4.16. The number of nitrogens with one attached hydrogen (secondary N) is 1. The van der Waals surface area contributed by atoms with Crippen LogP contribution in [0.15, 0.2) is 52.9 Å². The molecule has 132 valence electrons. The molecule has 1 N–H and O–H groups in total. The van der Waals surface area contributed by atoms with Gasteiger partial charge in [-0.1, -0.05) is 18.2 Å². The summed E-state index contributed by atoms with van der Waals surface area (Å²) in [5, 5.41) is 11.7. The maximum Gasteiger partial charge on any atom is 0.247 e. The van der Waals surface area contributed by atoms with E-state index in [4.69, 9.17) is 4.42 Å². The first-order valence-corrected chi connectivity index (χ1v) is 8.68. The van der Waals surface area contributed by atoms with Gasteiger partial charge < -0.3 is 14.6 Å². The molecule has 1 amide bonds. The predicted molar refractivity (Wildman–Crippen MR) is 99.9 cm³/mol. The molecule has 0 aliphatic carbocycles. The van der Waals surface area contributed by atoms with E-state index in [0.717, 1.165) is 29.9 Å². The zero-order valence-electron chi connectivity index (χ0n) is 14.8. The van der Waals surface area contributed by atoms with Crippen LogP contribution in [0.4, 0.5) is 11.4 Å². The Balaban J connectivity index is 1.50. The lowest BCUT2D eigenvalue weighted by molar-refractivity contribution is -0.116. The molecule has 1 aliphatic rings. The van der Waals surface area contributed by atoms with Gasteiger partial charge in [0.15, 0.2) is 0 Å². The second-order valence-electron chi connectivity index (χ2n) is 6.44. The van der Waals surface area contributed by atoms with Crippen LogP contribution < -0.4 is 10.2 Å². The van der Waals surface area contributed by atoms with Crippen LogP contribution in [-0.4, -0.2) is 22.6 Å². The molecule has 0 spiro atoms. The van der Waals surface area contributed by atoms with E-state index in [1.165, 1.54) is 5.56 Å². The van der Waals surface area contributed by atoms with E-state index in [1.807, 2.05) is 54.3 Å². The molecule has 3 aromatic rings. The lowest BCUT2D eigenvalue weighted by Crippen LogP contribution is -2.25. The Bertz CT molecular complexity index is 936. The summed E-state index contributed by atoms with van der Waals surface area (Å²) in [4.78, 5) is 13.5. The van der Waals surface area contributed by atoms with E-state index in [9.17, 15) is 4.79 Å². The van der Waals surface area contributed by atoms with Crippen molar-refractivity contribution in [3.8, 4) is 11.5 Å². The maximum absolute atomic E-state index is 11.7. The van der Waals surface area contributed by atoms with Gasteiger partial charge in [-0.3, -0.25) is 4.79 Å². The summed E-state index contributed by atoms with van der Waals surface area (Å²) in [5.74, 6) is 1.13. The predicted octanol–water partition coefficient (Wildman–Crippen LogP) is 3.82. The van der Waals surface area contributed by atoms with E-state index in [0.29, 0.717) is 11.8 Å². The van der Waals surface area contributed by atoms with E-state index in [1.54, 1.807) is 6.92 Å². The lowest BCUT2D eigenvalue weighted by atomic mass is 10.1. The van der Waals surface area contributed by atoms with Crippen LogP contribution in [0.25, 0.3) is 11.5 Å². The molecule has 0 radical (unpaired) electrons. The lowest BCUT2D eigenvalue weighted by Gasteiger charge is -2.16. The van der Waals surface area contributed by atoms with Crippen LogP contribution in [0.5, 0.6) is 0 Å². The average Bonchev–Trinajstić information content (AvgIpc) is 3.29. The highest BCUT2D eigenvalue weighted by atomic mass is 16.4. The molecule has 0 fully saturated rings. The topological polar surface area (TPSA) is 71.3 Å². The fraction of sp³-hybridized carbons (Fsp3) is 0.250. The van der Waals surface area contributed by atoms with Crippen molar-refractivity contribution < 1.29 is 9.21 Å². The number of carbonyl (C=O) groups is 1. The summed E-state index contributed by atoms with van der Waals surface area (Å²) in [5.41, 5.74) is 4.05. The second kappa shape index (κ2) is 6.63. The molecule has 6 heteroatoms. The van der Waals surface area contributed by atoms with Crippen molar-refractivity contribution in [2.75, 3.05) is 16.8 Å². The summed E-state index contributed by atoms with van der Waals surface area (Å²) in [6.07, 6.45) is 0.873. The average molecular weight is 348 g/mol. The van der Waals surface area contributed by atoms with Crippen molar-refractivity contribution in [2.45, 2.75) is 26.3 Å². The molecule has 1 aliphatic heterocycles. The summed E-state index contributed by atoms with van der Waals surface area (Å²) in [6, 6.07) is 15.6. The minimum Gasteiger partial charge on any atom is -0.418 e. The van der Waals surface area contributed by atoms with Crippen molar-refractivity contribution in [1.29, 1.82) is 0 Å². The highest BCUT2D eigenvalue weighted by Crippen LogP contribution is 2.32. The number of anilines is 2. The Hall–Kier alpha value is -3.15. The molecular weight excluding hydrogens is 328 g/mol. The maximum atomic E-state index is 11.7. The molecule has 26 heavy (non-hydrogen) atoms. The zero-order valence-corrected chi connectivity index (χ0v) is 14.8. The third-order valence-corrected chi connectivity index (χ3v) is 4.57. The smallest absolute Gasteiger partial charge is 0.247 e. The van der Waals surface area contributed by atoms with Gasteiger partial charge in [-0.2, -0.15) is 0 Å². The Morgan fingerprint density at radius 2 is 2.00 bits per heavy atom. The summed E-state index contributed by atoms with van der Waals surface area (Å²) in [7, 11) is 0. The number of nitrogens with zero attached hydrogens (tertiary/aromatic N) is 3. The van der Waals surface area contributed by atoms with Gasteiger partial charge in [0, 0.05) is 30.4 Å². The summed E-state index contributed by atoms with van der Waals surface area (Å²) in [6.45, 7) is 4.33. The van der Waals surface area contributed by atoms with Gasteiger partial charge in [0.05, 0.1) is 0 Å². The van der Waals surface area contributed by atoms with Crippen LogP contribution in [0.1, 0.15) is 31.3 Å². The van der Waals surface area contributed by atoms with E-state index in [-0.39, 0.29) is 11.9 Å². The first kappa shape index (κ1) is 16.3. The van der Waals surface area contributed by atoms with Crippen LogP contribution in [-0.2, 0) is 11.2 Å². The fourth-order valence-electron chi connectivity index (χ4n) is 3.24. The second-order valence-corrected chi connectivity index (χ2v) is 6.44. The molecule has 0 bridgehead atoms. The Morgan fingerprint density at radius 1 is 1.19 bits per heavy atom. The van der Waals surface area contributed by atoms with Gasteiger partial charge in [0.25, 0.3) is 0 Å². The molecule has 0 saturated heterocycles. The number of hydrogen-bond donors (Lipinski definition) is 1. The molecule has 2 heterocycles. The fourth-order valence-corrected chi connectivity index (χ4v) is 3.24. The molecule has 2 aromatic carbocycles. The first-order chi connectivity index (χ1) is 12.6. The summed E-state index contributed by atoms with van der Waals surface area (Å²) < 4.78 is 5.81. The molecular formula is C20H20N4O2. The zero-order chi connectivity index (χ0) is 18.1. The number of rotatable bonds is 4. The van der Waals surface area contributed by atoms with Crippen LogP contribution in [0.2, 0.25) is 0 Å².